The third kappa shape index (κ3) is 4.08. The summed E-state index contributed by atoms with van der Waals surface area (Å²) in [5, 5.41) is 0.296. The van der Waals surface area contributed by atoms with Crippen LogP contribution in [0.25, 0.3) is 11.0 Å². The van der Waals surface area contributed by atoms with Crippen LogP contribution in [0.2, 0.25) is 5.02 Å². The second-order valence-electron chi connectivity index (χ2n) is 7.17. The SMILES string of the molecule is O=c1[nH]c2ccccc2n1C1CCN(CCCOc2ccc(F)cc2Cl)CC1. The molecule has 1 aliphatic heterocycles. The van der Waals surface area contributed by atoms with Crippen molar-refractivity contribution in [2.45, 2.75) is 25.3 Å². The highest BCUT2D eigenvalue weighted by atomic mass is 35.5. The summed E-state index contributed by atoms with van der Waals surface area (Å²) in [6, 6.07) is 12.2. The number of aromatic nitrogens is 2. The monoisotopic (exact) mass is 403 g/mol. The molecule has 1 aliphatic rings. The van der Waals surface area contributed by atoms with Gasteiger partial charge in [-0.15, -0.1) is 0 Å². The first-order valence-corrected chi connectivity index (χ1v) is 9.99. The van der Waals surface area contributed by atoms with Crippen molar-refractivity contribution in [2.75, 3.05) is 26.2 Å². The predicted octanol–water partition coefficient (Wildman–Crippen LogP) is 4.23. The van der Waals surface area contributed by atoms with Crippen LogP contribution >= 0.6 is 11.6 Å². The Labute approximate surface area is 167 Å². The average Bonchev–Trinajstić information content (AvgIpc) is 3.03. The van der Waals surface area contributed by atoms with E-state index in [-0.39, 0.29) is 17.5 Å². The number of piperidine rings is 1. The van der Waals surface area contributed by atoms with Gasteiger partial charge in [0.05, 0.1) is 22.7 Å². The molecule has 0 atom stereocenters. The number of H-pyrrole nitrogens is 1. The Morgan fingerprint density at radius 2 is 1.96 bits per heavy atom. The summed E-state index contributed by atoms with van der Waals surface area (Å²) in [4.78, 5) is 17.7. The van der Waals surface area contributed by atoms with E-state index >= 15 is 0 Å². The highest BCUT2D eigenvalue weighted by molar-refractivity contribution is 6.32. The summed E-state index contributed by atoms with van der Waals surface area (Å²) in [6.07, 6.45) is 2.77. The maximum Gasteiger partial charge on any atom is 0.326 e. The molecule has 0 radical (unpaired) electrons. The van der Waals surface area contributed by atoms with E-state index in [2.05, 4.69) is 9.88 Å². The highest BCUT2D eigenvalue weighted by Gasteiger charge is 2.23. The molecule has 7 heteroatoms. The van der Waals surface area contributed by atoms with Gasteiger partial charge < -0.3 is 14.6 Å². The van der Waals surface area contributed by atoms with Gasteiger partial charge in [-0.25, -0.2) is 9.18 Å². The van der Waals surface area contributed by atoms with Crippen molar-refractivity contribution in [2.24, 2.45) is 0 Å². The summed E-state index contributed by atoms with van der Waals surface area (Å²) in [7, 11) is 0. The fraction of sp³-hybridized carbons (Fsp3) is 0.381. The van der Waals surface area contributed by atoms with Crippen LogP contribution in [0.3, 0.4) is 0 Å². The molecule has 0 bridgehead atoms. The molecule has 1 aromatic heterocycles. The first-order chi connectivity index (χ1) is 13.6. The Morgan fingerprint density at radius 3 is 2.75 bits per heavy atom. The van der Waals surface area contributed by atoms with Gasteiger partial charge in [-0.2, -0.15) is 0 Å². The minimum absolute atomic E-state index is 0.0239. The smallest absolute Gasteiger partial charge is 0.326 e. The number of rotatable bonds is 6. The van der Waals surface area contributed by atoms with E-state index in [1.807, 2.05) is 28.8 Å². The molecule has 0 unspecified atom stereocenters. The molecule has 0 saturated carbocycles. The Kier molecular flexibility index (Phi) is 5.69. The van der Waals surface area contributed by atoms with Crippen molar-refractivity contribution in [1.82, 2.24) is 14.5 Å². The van der Waals surface area contributed by atoms with Gasteiger partial charge in [0.15, 0.2) is 0 Å². The van der Waals surface area contributed by atoms with Gasteiger partial charge in [0.25, 0.3) is 0 Å². The van der Waals surface area contributed by atoms with Crippen molar-refractivity contribution < 1.29 is 9.13 Å². The first kappa shape index (κ1) is 19.0. The molecule has 148 valence electrons. The summed E-state index contributed by atoms with van der Waals surface area (Å²) in [5.41, 5.74) is 1.85. The normalized spacial score (nSPS) is 15.9. The van der Waals surface area contributed by atoms with Crippen LogP contribution in [0.15, 0.2) is 47.3 Å². The molecule has 1 N–H and O–H groups in total. The summed E-state index contributed by atoms with van der Waals surface area (Å²) in [5.74, 6) is 0.148. The Hall–Kier alpha value is -2.31. The molecule has 5 nitrogen and oxygen atoms in total. The fourth-order valence-electron chi connectivity index (χ4n) is 3.90. The number of imidazole rings is 1. The third-order valence-electron chi connectivity index (χ3n) is 5.32. The fourth-order valence-corrected chi connectivity index (χ4v) is 4.12. The Balaban J connectivity index is 1.26. The summed E-state index contributed by atoms with van der Waals surface area (Å²) in [6.45, 7) is 3.36. The minimum atomic E-state index is -0.366. The van der Waals surface area contributed by atoms with Crippen LogP contribution in [0, 0.1) is 5.82 Å². The number of nitrogens with one attached hydrogen (secondary N) is 1. The number of nitrogens with zero attached hydrogens (tertiary/aromatic N) is 2. The van der Waals surface area contributed by atoms with E-state index in [4.69, 9.17) is 16.3 Å². The molecular weight excluding hydrogens is 381 g/mol. The topological polar surface area (TPSA) is 50.3 Å². The van der Waals surface area contributed by atoms with E-state index in [0.717, 1.165) is 49.9 Å². The molecule has 28 heavy (non-hydrogen) atoms. The maximum atomic E-state index is 13.1. The number of fused-ring (bicyclic) bond motifs is 1. The van der Waals surface area contributed by atoms with E-state index < -0.39 is 0 Å². The van der Waals surface area contributed by atoms with Gasteiger partial charge >= 0.3 is 5.69 Å². The number of aromatic amines is 1. The van der Waals surface area contributed by atoms with Gasteiger partial charge in [0.1, 0.15) is 11.6 Å². The largest absolute Gasteiger partial charge is 0.492 e. The highest BCUT2D eigenvalue weighted by Crippen LogP contribution is 2.26. The molecule has 0 amide bonds. The molecule has 0 spiro atoms. The number of para-hydroxylation sites is 2. The molecule has 1 saturated heterocycles. The van der Waals surface area contributed by atoms with Gasteiger partial charge in [-0.3, -0.25) is 4.57 Å². The molecule has 2 aromatic carbocycles. The lowest BCUT2D eigenvalue weighted by molar-refractivity contribution is 0.173. The van der Waals surface area contributed by atoms with Crippen LogP contribution in [-0.2, 0) is 0 Å². The van der Waals surface area contributed by atoms with Gasteiger partial charge in [0, 0.05) is 25.7 Å². The zero-order chi connectivity index (χ0) is 19.5. The maximum absolute atomic E-state index is 13.1. The second kappa shape index (κ2) is 8.37. The molecule has 2 heterocycles. The number of likely N-dealkylation sites (tertiary alicyclic amines) is 1. The quantitative estimate of drug-likeness (QED) is 0.627. The first-order valence-electron chi connectivity index (χ1n) is 9.61. The van der Waals surface area contributed by atoms with Crippen molar-refractivity contribution in [3.63, 3.8) is 0 Å². The van der Waals surface area contributed by atoms with Gasteiger partial charge in [-0.05, 0) is 49.6 Å². The van der Waals surface area contributed by atoms with E-state index in [0.29, 0.717) is 17.4 Å². The predicted molar refractivity (Wildman–Crippen MR) is 109 cm³/mol. The zero-order valence-electron chi connectivity index (χ0n) is 15.5. The average molecular weight is 404 g/mol. The van der Waals surface area contributed by atoms with Crippen molar-refractivity contribution >= 4 is 22.6 Å². The van der Waals surface area contributed by atoms with Gasteiger partial charge in [-0.1, -0.05) is 23.7 Å². The van der Waals surface area contributed by atoms with Crippen LogP contribution in [0.1, 0.15) is 25.3 Å². The van der Waals surface area contributed by atoms with Crippen molar-refractivity contribution in [3.05, 3.63) is 63.8 Å². The van der Waals surface area contributed by atoms with Gasteiger partial charge in [0.2, 0.25) is 0 Å². The lowest BCUT2D eigenvalue weighted by atomic mass is 10.0. The number of ether oxygens (including phenoxy) is 1. The summed E-state index contributed by atoms with van der Waals surface area (Å²) >= 11 is 5.97. The number of benzene rings is 2. The number of hydrogen-bond donors (Lipinski definition) is 1. The van der Waals surface area contributed by atoms with E-state index in [1.165, 1.54) is 12.1 Å². The molecule has 1 fully saturated rings. The molecule has 3 aromatic rings. The minimum Gasteiger partial charge on any atom is -0.492 e. The molecule has 4 rings (SSSR count). The Morgan fingerprint density at radius 1 is 1.18 bits per heavy atom. The lowest BCUT2D eigenvalue weighted by Crippen LogP contribution is -2.37. The van der Waals surface area contributed by atoms with Crippen molar-refractivity contribution in [3.8, 4) is 5.75 Å². The molecule has 0 aliphatic carbocycles. The van der Waals surface area contributed by atoms with Crippen LogP contribution in [0.5, 0.6) is 5.75 Å². The zero-order valence-corrected chi connectivity index (χ0v) is 16.3. The summed E-state index contributed by atoms with van der Waals surface area (Å²) < 4.78 is 20.6. The van der Waals surface area contributed by atoms with E-state index in [1.54, 1.807) is 6.07 Å². The Bertz CT molecular complexity index is 1010. The number of halogens is 2. The van der Waals surface area contributed by atoms with Crippen LogP contribution in [0.4, 0.5) is 4.39 Å². The van der Waals surface area contributed by atoms with Crippen LogP contribution < -0.4 is 10.4 Å². The van der Waals surface area contributed by atoms with Crippen molar-refractivity contribution in [1.29, 1.82) is 0 Å². The second-order valence-corrected chi connectivity index (χ2v) is 7.57. The molecular formula is C21H23ClFN3O2. The third-order valence-corrected chi connectivity index (χ3v) is 5.61. The number of hydrogen-bond acceptors (Lipinski definition) is 3. The standard InChI is InChI=1S/C21H23ClFN3O2/c22-17-14-15(23)6-7-20(17)28-13-3-10-25-11-8-16(9-12-25)26-19-5-2-1-4-18(19)24-21(26)27/h1-2,4-7,14,16H,3,8-13H2,(H,24,27). The van der Waals surface area contributed by atoms with Crippen LogP contribution in [-0.4, -0.2) is 40.7 Å². The lowest BCUT2D eigenvalue weighted by Gasteiger charge is -2.32. The van der Waals surface area contributed by atoms with E-state index in [9.17, 15) is 9.18 Å².